The van der Waals surface area contributed by atoms with Gasteiger partial charge in [0.25, 0.3) is 0 Å². The highest BCUT2D eigenvalue weighted by Crippen LogP contribution is 2.21. The largest absolute Gasteiger partial charge is 0.468 e. The maximum absolute atomic E-state index is 12.0. The Bertz CT molecular complexity index is 391. The standard InChI is InChI=1S/C17H27NO2/c1-5-10-15(14-11-8-7-9-12-14)18-16(13(3)6-2)17(19)20-4/h7-9,11-13,15-16,18H,5-6,10H2,1-4H3. The van der Waals surface area contributed by atoms with Crippen molar-refractivity contribution in [3.63, 3.8) is 0 Å². The summed E-state index contributed by atoms with van der Waals surface area (Å²) in [7, 11) is 1.46. The van der Waals surface area contributed by atoms with Crippen molar-refractivity contribution in [2.24, 2.45) is 5.92 Å². The first-order chi connectivity index (χ1) is 9.63. The summed E-state index contributed by atoms with van der Waals surface area (Å²) in [5.74, 6) is 0.0851. The first-order valence-electron chi connectivity index (χ1n) is 7.52. The molecule has 0 radical (unpaired) electrons. The lowest BCUT2D eigenvalue weighted by Gasteiger charge is -2.28. The number of esters is 1. The highest BCUT2D eigenvalue weighted by molar-refractivity contribution is 5.76. The molecular formula is C17H27NO2. The van der Waals surface area contributed by atoms with Crippen molar-refractivity contribution in [3.8, 4) is 0 Å². The summed E-state index contributed by atoms with van der Waals surface area (Å²) in [6, 6.07) is 10.3. The van der Waals surface area contributed by atoms with Gasteiger partial charge in [-0.3, -0.25) is 10.1 Å². The number of nitrogens with one attached hydrogen (secondary N) is 1. The highest BCUT2D eigenvalue weighted by atomic mass is 16.5. The van der Waals surface area contributed by atoms with Crippen LogP contribution >= 0.6 is 0 Å². The molecule has 0 saturated carbocycles. The molecule has 0 fully saturated rings. The number of hydrogen-bond donors (Lipinski definition) is 1. The summed E-state index contributed by atoms with van der Waals surface area (Å²) < 4.78 is 4.95. The van der Waals surface area contributed by atoms with E-state index < -0.39 is 0 Å². The van der Waals surface area contributed by atoms with Gasteiger partial charge in [0, 0.05) is 6.04 Å². The quantitative estimate of drug-likeness (QED) is 0.736. The molecule has 1 aromatic rings. The lowest BCUT2D eigenvalue weighted by Crippen LogP contribution is -2.44. The fourth-order valence-electron chi connectivity index (χ4n) is 2.36. The SMILES string of the molecule is CCCC(NC(C(=O)OC)C(C)CC)c1ccccc1. The van der Waals surface area contributed by atoms with Gasteiger partial charge in [0.2, 0.25) is 0 Å². The Balaban J connectivity index is 2.88. The average Bonchev–Trinajstić information content (AvgIpc) is 2.50. The van der Waals surface area contributed by atoms with Crippen molar-refractivity contribution in [2.45, 2.75) is 52.1 Å². The molecule has 0 aliphatic rings. The van der Waals surface area contributed by atoms with Gasteiger partial charge in [-0.25, -0.2) is 0 Å². The van der Waals surface area contributed by atoms with Crippen LogP contribution in [0.2, 0.25) is 0 Å². The number of benzene rings is 1. The maximum Gasteiger partial charge on any atom is 0.323 e. The van der Waals surface area contributed by atoms with Crippen LogP contribution in [0.3, 0.4) is 0 Å². The summed E-state index contributed by atoms with van der Waals surface area (Å²) in [5.41, 5.74) is 1.23. The Morgan fingerprint density at radius 3 is 2.40 bits per heavy atom. The molecule has 0 aliphatic heterocycles. The monoisotopic (exact) mass is 277 g/mol. The summed E-state index contributed by atoms with van der Waals surface area (Å²) in [4.78, 5) is 12.0. The predicted octanol–water partition coefficient (Wildman–Crippen LogP) is 3.71. The van der Waals surface area contributed by atoms with E-state index in [0.717, 1.165) is 19.3 Å². The van der Waals surface area contributed by atoms with Gasteiger partial charge in [-0.1, -0.05) is 63.9 Å². The van der Waals surface area contributed by atoms with Crippen LogP contribution in [0.4, 0.5) is 0 Å². The number of rotatable bonds is 8. The van der Waals surface area contributed by atoms with Crippen LogP contribution < -0.4 is 5.32 Å². The minimum absolute atomic E-state index is 0.170. The van der Waals surface area contributed by atoms with Crippen LogP contribution in [-0.4, -0.2) is 19.1 Å². The van der Waals surface area contributed by atoms with Gasteiger partial charge >= 0.3 is 5.97 Å². The van der Waals surface area contributed by atoms with Crippen LogP contribution in [0.5, 0.6) is 0 Å². The number of carbonyl (C=O) groups is 1. The van der Waals surface area contributed by atoms with Gasteiger partial charge in [-0.15, -0.1) is 0 Å². The lowest BCUT2D eigenvalue weighted by molar-refractivity contribution is -0.144. The molecular weight excluding hydrogens is 250 g/mol. The highest BCUT2D eigenvalue weighted by Gasteiger charge is 2.27. The summed E-state index contributed by atoms with van der Waals surface area (Å²) in [6.07, 6.45) is 3.02. The number of methoxy groups -OCH3 is 1. The Labute approximate surface area is 122 Å². The van der Waals surface area contributed by atoms with E-state index in [0.29, 0.717) is 0 Å². The van der Waals surface area contributed by atoms with Crippen LogP contribution in [0, 0.1) is 5.92 Å². The molecule has 1 aromatic carbocycles. The topological polar surface area (TPSA) is 38.3 Å². The Morgan fingerprint density at radius 1 is 1.25 bits per heavy atom. The summed E-state index contributed by atoms with van der Waals surface area (Å²) in [5, 5.41) is 3.50. The first-order valence-corrected chi connectivity index (χ1v) is 7.52. The van der Waals surface area contributed by atoms with Crippen LogP contribution in [0.1, 0.15) is 51.6 Å². The second kappa shape index (κ2) is 8.75. The van der Waals surface area contributed by atoms with Gasteiger partial charge in [0.05, 0.1) is 7.11 Å². The van der Waals surface area contributed by atoms with E-state index in [1.165, 1.54) is 12.7 Å². The number of hydrogen-bond acceptors (Lipinski definition) is 3. The van der Waals surface area contributed by atoms with Crippen LogP contribution in [0.25, 0.3) is 0 Å². The molecule has 1 rings (SSSR count). The van der Waals surface area contributed by atoms with E-state index >= 15 is 0 Å². The van der Waals surface area contributed by atoms with Crippen molar-refractivity contribution in [1.29, 1.82) is 0 Å². The molecule has 0 amide bonds. The van der Waals surface area contributed by atoms with Crippen LogP contribution in [-0.2, 0) is 9.53 Å². The van der Waals surface area contributed by atoms with Crippen molar-refractivity contribution in [1.82, 2.24) is 5.32 Å². The van der Waals surface area contributed by atoms with E-state index in [1.54, 1.807) is 0 Å². The third-order valence-electron chi connectivity index (χ3n) is 3.83. The van der Waals surface area contributed by atoms with E-state index in [9.17, 15) is 4.79 Å². The maximum atomic E-state index is 12.0. The molecule has 0 saturated heterocycles. The first kappa shape index (κ1) is 16.7. The van der Waals surface area contributed by atoms with Crippen molar-refractivity contribution in [2.75, 3.05) is 7.11 Å². The Morgan fingerprint density at radius 2 is 1.90 bits per heavy atom. The second-order valence-electron chi connectivity index (χ2n) is 5.30. The molecule has 0 heterocycles. The molecule has 112 valence electrons. The van der Waals surface area contributed by atoms with Gasteiger partial charge in [-0.05, 0) is 17.9 Å². The zero-order valence-electron chi connectivity index (χ0n) is 13.1. The number of ether oxygens (including phenoxy) is 1. The third kappa shape index (κ3) is 4.64. The molecule has 3 heteroatoms. The fourth-order valence-corrected chi connectivity index (χ4v) is 2.36. The van der Waals surface area contributed by atoms with Crippen molar-refractivity contribution >= 4 is 5.97 Å². The Kier molecular flexibility index (Phi) is 7.31. The van der Waals surface area contributed by atoms with Gasteiger partial charge in [-0.2, -0.15) is 0 Å². The molecule has 20 heavy (non-hydrogen) atoms. The number of carbonyl (C=O) groups excluding carboxylic acids is 1. The van der Waals surface area contributed by atoms with Crippen molar-refractivity contribution < 1.29 is 9.53 Å². The molecule has 0 bridgehead atoms. The molecule has 0 aromatic heterocycles. The summed E-state index contributed by atoms with van der Waals surface area (Å²) in [6.45, 7) is 6.34. The van der Waals surface area contributed by atoms with Crippen molar-refractivity contribution in [3.05, 3.63) is 35.9 Å². The predicted molar refractivity (Wildman–Crippen MR) is 82.5 cm³/mol. The summed E-state index contributed by atoms with van der Waals surface area (Å²) >= 11 is 0. The smallest absolute Gasteiger partial charge is 0.323 e. The molecule has 3 nitrogen and oxygen atoms in total. The average molecular weight is 277 g/mol. The minimum Gasteiger partial charge on any atom is -0.468 e. The third-order valence-corrected chi connectivity index (χ3v) is 3.83. The molecule has 0 spiro atoms. The van der Waals surface area contributed by atoms with E-state index in [4.69, 9.17) is 4.74 Å². The normalized spacial score (nSPS) is 15.4. The van der Waals surface area contributed by atoms with Gasteiger partial charge < -0.3 is 4.74 Å². The zero-order valence-corrected chi connectivity index (χ0v) is 13.1. The molecule has 1 N–H and O–H groups in total. The lowest BCUT2D eigenvalue weighted by atomic mass is 9.95. The van der Waals surface area contributed by atoms with Gasteiger partial charge in [0.15, 0.2) is 0 Å². The minimum atomic E-state index is -0.248. The zero-order chi connectivity index (χ0) is 15.0. The molecule has 3 atom stereocenters. The van der Waals surface area contributed by atoms with Crippen LogP contribution in [0.15, 0.2) is 30.3 Å². The molecule has 0 aliphatic carbocycles. The van der Waals surface area contributed by atoms with E-state index in [1.807, 2.05) is 18.2 Å². The van der Waals surface area contributed by atoms with E-state index in [2.05, 4.69) is 38.2 Å². The molecule has 3 unspecified atom stereocenters. The fraction of sp³-hybridized carbons (Fsp3) is 0.588. The van der Waals surface area contributed by atoms with Gasteiger partial charge in [0.1, 0.15) is 6.04 Å². The van der Waals surface area contributed by atoms with E-state index in [-0.39, 0.29) is 24.0 Å². The Hall–Kier alpha value is -1.35. The second-order valence-corrected chi connectivity index (χ2v) is 5.30.